The number of aromatic hydroxyl groups is 1. The van der Waals surface area contributed by atoms with E-state index in [2.05, 4.69) is 4.90 Å². The van der Waals surface area contributed by atoms with Crippen molar-refractivity contribution < 1.29 is 33.6 Å². The van der Waals surface area contributed by atoms with Gasteiger partial charge in [0.1, 0.15) is 12.4 Å². The molecule has 32 heavy (non-hydrogen) atoms. The molecule has 2 heterocycles. The smallest absolute Gasteiger partial charge is 0.267 e. The molecule has 9 nitrogen and oxygen atoms in total. The van der Waals surface area contributed by atoms with E-state index in [0.29, 0.717) is 61.5 Å². The summed E-state index contributed by atoms with van der Waals surface area (Å²) in [6, 6.07) is 8.46. The number of rotatable bonds is 6. The Morgan fingerprint density at radius 2 is 1.75 bits per heavy atom. The monoisotopic (exact) mass is 444 g/mol. The zero-order valence-electron chi connectivity index (χ0n) is 18.5. The van der Waals surface area contributed by atoms with Gasteiger partial charge < -0.3 is 33.7 Å². The van der Waals surface area contributed by atoms with E-state index in [9.17, 15) is 9.90 Å². The zero-order valence-corrected chi connectivity index (χ0v) is 18.5. The molecule has 9 heteroatoms. The number of piperazine rings is 1. The molecule has 1 unspecified atom stereocenters. The van der Waals surface area contributed by atoms with Crippen LogP contribution in [0, 0.1) is 0 Å². The third-order valence-electron chi connectivity index (χ3n) is 5.73. The van der Waals surface area contributed by atoms with Crippen molar-refractivity contribution in [3.63, 3.8) is 0 Å². The summed E-state index contributed by atoms with van der Waals surface area (Å²) >= 11 is 0. The van der Waals surface area contributed by atoms with Gasteiger partial charge in [0, 0.05) is 44.4 Å². The fourth-order valence-electron chi connectivity index (χ4n) is 4.04. The van der Waals surface area contributed by atoms with Crippen molar-refractivity contribution in [3.8, 4) is 34.5 Å². The Morgan fingerprint density at radius 1 is 1.00 bits per heavy atom. The Hall–Kier alpha value is -3.33. The lowest BCUT2D eigenvalue weighted by molar-refractivity contribution is -0.143. The van der Waals surface area contributed by atoms with Crippen molar-refractivity contribution in [2.24, 2.45) is 0 Å². The number of phenols is 1. The number of carbonyl (C=O) groups excluding carboxylic acids is 1. The average molecular weight is 444 g/mol. The molecule has 0 spiro atoms. The number of benzene rings is 2. The normalized spacial score (nSPS) is 18.2. The van der Waals surface area contributed by atoms with Gasteiger partial charge in [-0.05, 0) is 18.2 Å². The van der Waals surface area contributed by atoms with Crippen molar-refractivity contribution in [2.75, 3.05) is 54.1 Å². The summed E-state index contributed by atoms with van der Waals surface area (Å²) in [5.74, 6) is 2.71. The lowest BCUT2D eigenvalue weighted by Gasteiger charge is -2.37. The number of nitrogens with zero attached hydrogens (tertiary/aromatic N) is 2. The standard InChI is InChI=1S/C23H28N2O7/c1-28-18-6-4-15(21(29-2)22(18)30-3)13-24-8-10-25(11-9-24)23(27)20-14-31-17-7-5-16(26)12-19(17)32-20/h4-7,12,20,26H,8-11,13-14H2,1-3H3. The van der Waals surface area contributed by atoms with Crippen molar-refractivity contribution in [1.29, 1.82) is 0 Å². The molecular formula is C23H28N2O7. The van der Waals surface area contributed by atoms with Crippen LogP contribution >= 0.6 is 0 Å². The van der Waals surface area contributed by atoms with E-state index in [-0.39, 0.29) is 18.3 Å². The summed E-state index contributed by atoms with van der Waals surface area (Å²) in [5, 5.41) is 9.65. The number of amides is 1. The van der Waals surface area contributed by atoms with Gasteiger partial charge in [0.05, 0.1) is 21.3 Å². The molecule has 2 aliphatic heterocycles. The van der Waals surface area contributed by atoms with Gasteiger partial charge in [-0.15, -0.1) is 0 Å². The molecule has 0 aromatic heterocycles. The van der Waals surface area contributed by atoms with Crippen LogP contribution in [0.3, 0.4) is 0 Å². The molecule has 0 aliphatic carbocycles. The molecule has 0 radical (unpaired) electrons. The van der Waals surface area contributed by atoms with Crippen LogP contribution in [0.4, 0.5) is 0 Å². The first-order valence-electron chi connectivity index (χ1n) is 10.5. The van der Waals surface area contributed by atoms with Gasteiger partial charge in [-0.3, -0.25) is 9.69 Å². The van der Waals surface area contributed by atoms with Gasteiger partial charge >= 0.3 is 0 Å². The number of hydrogen-bond donors (Lipinski definition) is 1. The quantitative estimate of drug-likeness (QED) is 0.723. The minimum atomic E-state index is -0.721. The minimum absolute atomic E-state index is 0.0691. The molecule has 1 N–H and O–H groups in total. The van der Waals surface area contributed by atoms with Gasteiger partial charge in [0.25, 0.3) is 5.91 Å². The van der Waals surface area contributed by atoms with Crippen LogP contribution in [0.15, 0.2) is 30.3 Å². The molecule has 1 atom stereocenters. The van der Waals surface area contributed by atoms with Gasteiger partial charge in [-0.1, -0.05) is 6.07 Å². The lowest BCUT2D eigenvalue weighted by Crippen LogP contribution is -2.53. The van der Waals surface area contributed by atoms with Crippen LogP contribution in [0.1, 0.15) is 5.56 Å². The van der Waals surface area contributed by atoms with Crippen LogP contribution in [0.25, 0.3) is 0 Å². The van der Waals surface area contributed by atoms with E-state index in [4.69, 9.17) is 23.7 Å². The van der Waals surface area contributed by atoms with Gasteiger partial charge in [0.15, 0.2) is 23.0 Å². The van der Waals surface area contributed by atoms with E-state index >= 15 is 0 Å². The maximum Gasteiger partial charge on any atom is 0.267 e. The fourth-order valence-corrected chi connectivity index (χ4v) is 4.04. The average Bonchev–Trinajstić information content (AvgIpc) is 2.83. The third-order valence-corrected chi connectivity index (χ3v) is 5.73. The molecule has 0 saturated carbocycles. The van der Waals surface area contributed by atoms with Gasteiger partial charge in [-0.2, -0.15) is 0 Å². The van der Waals surface area contributed by atoms with Crippen LogP contribution in [0.5, 0.6) is 34.5 Å². The molecule has 0 bridgehead atoms. The molecule has 2 aromatic carbocycles. The molecule has 1 amide bonds. The Labute approximate surface area is 187 Å². The topological polar surface area (TPSA) is 89.9 Å². The molecule has 4 rings (SSSR count). The summed E-state index contributed by atoms with van der Waals surface area (Å²) in [5.41, 5.74) is 0.991. The third kappa shape index (κ3) is 4.34. The van der Waals surface area contributed by atoms with Crippen LogP contribution < -0.4 is 23.7 Å². The Bertz CT molecular complexity index is 973. The Kier molecular flexibility index (Phi) is 6.45. The van der Waals surface area contributed by atoms with Crippen molar-refractivity contribution in [2.45, 2.75) is 12.6 Å². The maximum absolute atomic E-state index is 13.0. The summed E-state index contributed by atoms with van der Waals surface area (Å²) in [6.07, 6.45) is -0.721. The zero-order chi connectivity index (χ0) is 22.7. The number of phenolic OH excluding ortho intramolecular Hbond substituents is 1. The highest BCUT2D eigenvalue weighted by molar-refractivity contribution is 5.82. The van der Waals surface area contributed by atoms with E-state index < -0.39 is 6.10 Å². The summed E-state index contributed by atoms with van der Waals surface area (Å²) in [4.78, 5) is 17.0. The first-order valence-corrected chi connectivity index (χ1v) is 10.5. The Morgan fingerprint density at radius 3 is 2.44 bits per heavy atom. The maximum atomic E-state index is 13.0. The van der Waals surface area contributed by atoms with Gasteiger partial charge in [0.2, 0.25) is 11.9 Å². The van der Waals surface area contributed by atoms with Gasteiger partial charge in [-0.25, -0.2) is 0 Å². The molecule has 172 valence electrons. The van der Waals surface area contributed by atoms with Crippen molar-refractivity contribution >= 4 is 5.91 Å². The minimum Gasteiger partial charge on any atom is -0.508 e. The molecular weight excluding hydrogens is 416 g/mol. The highest BCUT2D eigenvalue weighted by Crippen LogP contribution is 2.40. The van der Waals surface area contributed by atoms with E-state index in [1.54, 1.807) is 32.3 Å². The predicted molar refractivity (Wildman–Crippen MR) is 116 cm³/mol. The number of fused-ring (bicyclic) bond motifs is 1. The largest absolute Gasteiger partial charge is 0.508 e. The molecule has 2 aliphatic rings. The SMILES string of the molecule is COc1ccc(CN2CCN(C(=O)C3COc4ccc(O)cc4O3)CC2)c(OC)c1OC. The van der Waals surface area contributed by atoms with E-state index in [0.717, 1.165) is 5.56 Å². The van der Waals surface area contributed by atoms with Crippen LogP contribution in [-0.2, 0) is 11.3 Å². The first-order chi connectivity index (χ1) is 15.5. The van der Waals surface area contributed by atoms with E-state index in [1.807, 2.05) is 12.1 Å². The highest BCUT2D eigenvalue weighted by atomic mass is 16.6. The second kappa shape index (κ2) is 9.44. The summed E-state index contributed by atoms with van der Waals surface area (Å²) in [6.45, 7) is 3.42. The van der Waals surface area contributed by atoms with E-state index in [1.165, 1.54) is 12.1 Å². The number of ether oxygens (including phenoxy) is 5. The summed E-state index contributed by atoms with van der Waals surface area (Å²) < 4.78 is 27.8. The lowest BCUT2D eigenvalue weighted by atomic mass is 10.1. The second-order valence-corrected chi connectivity index (χ2v) is 7.64. The number of hydrogen-bond acceptors (Lipinski definition) is 8. The second-order valence-electron chi connectivity index (χ2n) is 7.64. The fraction of sp³-hybridized carbons (Fsp3) is 0.435. The predicted octanol–water partition coefficient (Wildman–Crippen LogP) is 1.90. The first kappa shape index (κ1) is 21.9. The van der Waals surface area contributed by atoms with Crippen molar-refractivity contribution in [3.05, 3.63) is 35.9 Å². The Balaban J connectivity index is 1.36. The summed E-state index contributed by atoms with van der Waals surface area (Å²) in [7, 11) is 4.79. The highest BCUT2D eigenvalue weighted by Gasteiger charge is 2.33. The molecule has 1 saturated heterocycles. The molecule has 1 fully saturated rings. The van der Waals surface area contributed by atoms with Crippen molar-refractivity contribution in [1.82, 2.24) is 9.80 Å². The molecule has 2 aromatic rings. The number of methoxy groups -OCH3 is 3. The van der Waals surface area contributed by atoms with Crippen LogP contribution in [-0.4, -0.2) is 81.0 Å². The van der Waals surface area contributed by atoms with Crippen LogP contribution in [0.2, 0.25) is 0 Å². The number of carbonyl (C=O) groups is 1.